The van der Waals surface area contributed by atoms with Gasteiger partial charge in [-0.05, 0) is 65.9 Å². The van der Waals surface area contributed by atoms with E-state index in [1.165, 1.54) is 0 Å². The van der Waals surface area contributed by atoms with Crippen molar-refractivity contribution in [2.75, 3.05) is 0 Å². The Morgan fingerprint density at radius 2 is 1.17 bits per heavy atom. The van der Waals surface area contributed by atoms with Crippen LogP contribution in [0.25, 0.3) is 49.5 Å². The summed E-state index contributed by atoms with van der Waals surface area (Å²) in [6.07, 6.45) is 3.91. The van der Waals surface area contributed by atoms with Crippen molar-refractivity contribution in [2.24, 2.45) is 0 Å². The monoisotopic (exact) mass is 456 g/mol. The second-order valence-corrected chi connectivity index (χ2v) is 9.04. The lowest BCUT2D eigenvalue weighted by Gasteiger charge is -2.19. The van der Waals surface area contributed by atoms with E-state index in [2.05, 4.69) is 6.08 Å². The summed E-state index contributed by atoms with van der Waals surface area (Å²) in [7, 11) is 0. The molecular formula is C31H20O4. The van der Waals surface area contributed by atoms with Gasteiger partial charge in [-0.25, -0.2) is 0 Å². The van der Waals surface area contributed by atoms with Crippen molar-refractivity contribution in [3.8, 4) is 0 Å². The van der Waals surface area contributed by atoms with E-state index in [0.29, 0.717) is 43.9 Å². The van der Waals surface area contributed by atoms with E-state index in [-0.39, 0.29) is 16.8 Å². The number of allylic oxidation sites excluding steroid dienone is 2. The van der Waals surface area contributed by atoms with Crippen LogP contribution in [0.2, 0.25) is 0 Å². The van der Waals surface area contributed by atoms with Crippen molar-refractivity contribution in [3.05, 3.63) is 123 Å². The zero-order valence-electron chi connectivity index (χ0n) is 18.8. The van der Waals surface area contributed by atoms with Crippen molar-refractivity contribution in [2.45, 2.75) is 18.8 Å². The standard InChI is InChI=1S/C31H20O4/c32-30-22-8-1-3-14-24(22)34-26-16-6-12-20(28(26)30)18-10-5-11-19(18)21-13-7-17-27-29(21)31(33)23-9-2-4-15-25(23)35-27/h1-4,6-10,12-17,19H,5,11H2. The van der Waals surface area contributed by atoms with Crippen LogP contribution in [0.1, 0.15) is 29.9 Å². The number of hydrogen-bond acceptors (Lipinski definition) is 4. The number of benzene rings is 4. The molecule has 1 unspecified atom stereocenters. The van der Waals surface area contributed by atoms with Crippen LogP contribution in [0, 0.1) is 0 Å². The van der Waals surface area contributed by atoms with Gasteiger partial charge in [-0.3, -0.25) is 9.59 Å². The summed E-state index contributed by atoms with van der Waals surface area (Å²) in [6, 6.07) is 26.3. The van der Waals surface area contributed by atoms with Crippen LogP contribution in [0.5, 0.6) is 0 Å². The maximum atomic E-state index is 13.6. The highest BCUT2D eigenvalue weighted by molar-refractivity contribution is 5.99. The molecule has 0 spiro atoms. The second-order valence-electron chi connectivity index (χ2n) is 9.04. The molecule has 2 heterocycles. The van der Waals surface area contributed by atoms with Gasteiger partial charge in [0.15, 0.2) is 0 Å². The molecule has 6 aromatic rings. The zero-order chi connectivity index (χ0) is 23.5. The highest BCUT2D eigenvalue weighted by Crippen LogP contribution is 2.44. The van der Waals surface area contributed by atoms with E-state index < -0.39 is 0 Å². The maximum Gasteiger partial charge on any atom is 0.201 e. The Bertz CT molecular complexity index is 1960. The van der Waals surface area contributed by atoms with Crippen molar-refractivity contribution < 1.29 is 8.83 Å². The Labute approximate surface area is 199 Å². The summed E-state index contributed by atoms with van der Waals surface area (Å²) in [5.41, 5.74) is 5.12. The molecule has 0 fully saturated rings. The first-order valence-electron chi connectivity index (χ1n) is 11.8. The average Bonchev–Trinajstić information content (AvgIpc) is 3.38. The Hall–Kier alpha value is -4.44. The van der Waals surface area contributed by atoms with Gasteiger partial charge in [-0.2, -0.15) is 0 Å². The SMILES string of the molecule is O=c1c2ccccc2oc2cccc(C3=CCCC3c3cccc4oc5ccccc5c(=O)c34)c12. The molecule has 1 atom stereocenters. The fraction of sp³-hybridized carbons (Fsp3) is 0.0968. The highest BCUT2D eigenvalue weighted by Gasteiger charge is 2.28. The molecule has 4 aromatic carbocycles. The van der Waals surface area contributed by atoms with Gasteiger partial charge in [0.2, 0.25) is 10.9 Å². The summed E-state index contributed by atoms with van der Waals surface area (Å²) in [5, 5.41) is 2.34. The van der Waals surface area contributed by atoms with E-state index in [0.717, 1.165) is 29.5 Å². The Balaban J connectivity index is 1.48. The fourth-order valence-corrected chi connectivity index (χ4v) is 5.57. The van der Waals surface area contributed by atoms with E-state index in [1.807, 2.05) is 78.9 Å². The largest absolute Gasteiger partial charge is 0.456 e. The smallest absolute Gasteiger partial charge is 0.201 e. The van der Waals surface area contributed by atoms with Crippen LogP contribution in [0.4, 0.5) is 0 Å². The van der Waals surface area contributed by atoms with Crippen LogP contribution < -0.4 is 10.9 Å². The molecule has 4 heteroatoms. The Kier molecular flexibility index (Phi) is 4.30. The second kappa shape index (κ2) is 7.54. The Morgan fingerprint density at radius 1 is 0.600 bits per heavy atom. The lowest BCUT2D eigenvalue weighted by Crippen LogP contribution is -2.10. The van der Waals surface area contributed by atoms with E-state index >= 15 is 0 Å². The summed E-state index contributed by atoms with van der Waals surface area (Å²) in [5.74, 6) is -0.0285. The summed E-state index contributed by atoms with van der Waals surface area (Å²) in [6.45, 7) is 0. The molecule has 35 heavy (non-hydrogen) atoms. The summed E-state index contributed by atoms with van der Waals surface area (Å²) >= 11 is 0. The molecule has 1 aliphatic carbocycles. The lowest BCUT2D eigenvalue weighted by atomic mass is 9.85. The normalized spacial score (nSPS) is 15.9. The number of rotatable bonds is 2. The van der Waals surface area contributed by atoms with Gasteiger partial charge >= 0.3 is 0 Å². The van der Waals surface area contributed by atoms with Crippen LogP contribution >= 0.6 is 0 Å². The summed E-state index contributed by atoms with van der Waals surface area (Å²) < 4.78 is 12.2. The first kappa shape index (κ1) is 20.0. The molecule has 0 N–H and O–H groups in total. The number of fused-ring (bicyclic) bond motifs is 4. The fourth-order valence-electron chi connectivity index (χ4n) is 5.57. The Morgan fingerprint density at radius 3 is 1.89 bits per heavy atom. The molecule has 1 aliphatic rings. The van der Waals surface area contributed by atoms with Gasteiger partial charge in [0.1, 0.15) is 22.3 Å². The minimum Gasteiger partial charge on any atom is -0.456 e. The number of hydrogen-bond donors (Lipinski definition) is 0. The van der Waals surface area contributed by atoms with Crippen LogP contribution in [0.3, 0.4) is 0 Å². The third kappa shape index (κ3) is 2.93. The topological polar surface area (TPSA) is 60.4 Å². The minimum absolute atomic E-state index is 0.0212. The van der Waals surface area contributed by atoms with Crippen LogP contribution in [-0.4, -0.2) is 0 Å². The quantitative estimate of drug-likeness (QED) is 0.259. The van der Waals surface area contributed by atoms with Gasteiger partial charge in [0.05, 0.1) is 21.5 Å². The predicted molar refractivity (Wildman–Crippen MR) is 140 cm³/mol. The van der Waals surface area contributed by atoms with E-state index in [4.69, 9.17) is 8.83 Å². The highest BCUT2D eigenvalue weighted by atomic mass is 16.3. The first-order chi connectivity index (χ1) is 17.2. The third-order valence-electron chi connectivity index (χ3n) is 7.12. The third-order valence-corrected chi connectivity index (χ3v) is 7.12. The molecule has 0 aliphatic heterocycles. The van der Waals surface area contributed by atoms with Gasteiger partial charge < -0.3 is 8.83 Å². The van der Waals surface area contributed by atoms with Crippen molar-refractivity contribution in [1.29, 1.82) is 0 Å². The van der Waals surface area contributed by atoms with Crippen molar-refractivity contribution in [3.63, 3.8) is 0 Å². The van der Waals surface area contributed by atoms with Gasteiger partial charge in [0.25, 0.3) is 0 Å². The van der Waals surface area contributed by atoms with E-state index in [9.17, 15) is 9.59 Å². The van der Waals surface area contributed by atoms with Gasteiger partial charge in [0, 0.05) is 5.92 Å². The molecule has 7 rings (SSSR count). The lowest BCUT2D eigenvalue weighted by molar-refractivity contribution is 0.658. The summed E-state index contributed by atoms with van der Waals surface area (Å²) in [4.78, 5) is 27.1. The van der Waals surface area contributed by atoms with Crippen LogP contribution in [0.15, 0.2) is 109 Å². The zero-order valence-corrected chi connectivity index (χ0v) is 18.8. The van der Waals surface area contributed by atoms with Gasteiger partial charge in [-0.15, -0.1) is 0 Å². The van der Waals surface area contributed by atoms with Crippen LogP contribution in [-0.2, 0) is 0 Å². The maximum absolute atomic E-state index is 13.6. The predicted octanol–water partition coefficient (Wildman–Crippen LogP) is 7.17. The number of para-hydroxylation sites is 2. The van der Waals surface area contributed by atoms with Crippen molar-refractivity contribution in [1.82, 2.24) is 0 Å². The molecule has 0 radical (unpaired) electrons. The molecular weight excluding hydrogens is 436 g/mol. The molecule has 168 valence electrons. The molecule has 0 saturated heterocycles. The van der Waals surface area contributed by atoms with Gasteiger partial charge in [-0.1, -0.05) is 54.6 Å². The molecule has 0 saturated carbocycles. The minimum atomic E-state index is -0.0348. The average molecular weight is 456 g/mol. The molecule has 4 nitrogen and oxygen atoms in total. The first-order valence-corrected chi connectivity index (χ1v) is 11.8. The molecule has 2 aromatic heterocycles. The van der Waals surface area contributed by atoms with E-state index in [1.54, 1.807) is 6.07 Å². The molecule has 0 bridgehead atoms. The molecule has 0 amide bonds. The van der Waals surface area contributed by atoms with Crippen molar-refractivity contribution >= 4 is 49.5 Å².